The van der Waals surface area contributed by atoms with Crippen LogP contribution in [0.15, 0.2) is 22.7 Å². The average molecular weight is 339 g/mol. The highest BCUT2D eigenvalue weighted by Gasteiger charge is 2.31. The lowest BCUT2D eigenvalue weighted by molar-refractivity contribution is 0.0697. The van der Waals surface area contributed by atoms with Crippen LogP contribution in [0.3, 0.4) is 0 Å². The van der Waals surface area contributed by atoms with Gasteiger partial charge in [0.05, 0.1) is 5.56 Å². The number of halogens is 1. The van der Waals surface area contributed by atoms with Crippen molar-refractivity contribution in [2.24, 2.45) is 0 Å². The van der Waals surface area contributed by atoms with E-state index in [0.717, 1.165) is 29.5 Å². The number of fused-ring (bicyclic) bond motifs is 1. The zero-order chi connectivity index (χ0) is 14.1. The molecule has 2 atom stereocenters. The number of nitrogens with one attached hydrogen (secondary N) is 1. The number of carboxylic acids is 1. The van der Waals surface area contributed by atoms with Crippen molar-refractivity contribution in [3.05, 3.63) is 28.2 Å². The maximum absolute atomic E-state index is 11.3. The van der Waals surface area contributed by atoms with Crippen LogP contribution in [0.25, 0.3) is 0 Å². The molecule has 4 nitrogen and oxygen atoms in total. The smallest absolute Gasteiger partial charge is 0.337 e. The van der Waals surface area contributed by atoms with E-state index in [-0.39, 0.29) is 0 Å². The number of aromatic carboxylic acids is 1. The Morgan fingerprint density at radius 3 is 3.00 bits per heavy atom. The Labute approximate surface area is 127 Å². The molecule has 2 N–H and O–H groups in total. The first-order valence-electron chi connectivity index (χ1n) is 7.17. The largest absolute Gasteiger partial charge is 0.478 e. The summed E-state index contributed by atoms with van der Waals surface area (Å²) in [4.78, 5) is 13.9. The molecule has 0 spiro atoms. The van der Waals surface area contributed by atoms with Crippen LogP contribution >= 0.6 is 15.9 Å². The van der Waals surface area contributed by atoms with Gasteiger partial charge < -0.3 is 15.3 Å². The number of rotatable bonds is 3. The van der Waals surface area contributed by atoms with E-state index in [4.69, 9.17) is 0 Å². The second kappa shape index (κ2) is 5.74. The zero-order valence-corrected chi connectivity index (χ0v) is 12.9. The molecule has 0 aliphatic carbocycles. The molecular weight excluding hydrogens is 320 g/mol. The summed E-state index contributed by atoms with van der Waals surface area (Å²) in [6.07, 6.45) is 4.79. The van der Waals surface area contributed by atoms with Gasteiger partial charge in [0.25, 0.3) is 0 Å². The number of anilines is 1. The van der Waals surface area contributed by atoms with Crippen molar-refractivity contribution in [1.82, 2.24) is 4.90 Å². The molecule has 108 valence electrons. The molecule has 1 aromatic carbocycles. The van der Waals surface area contributed by atoms with Gasteiger partial charge in [-0.25, -0.2) is 4.79 Å². The lowest BCUT2D eigenvalue weighted by Gasteiger charge is -2.35. The Balaban J connectivity index is 1.73. The van der Waals surface area contributed by atoms with E-state index in [1.54, 1.807) is 6.07 Å². The van der Waals surface area contributed by atoms with Gasteiger partial charge in [0.2, 0.25) is 0 Å². The van der Waals surface area contributed by atoms with Gasteiger partial charge in [-0.1, -0.05) is 15.9 Å². The Morgan fingerprint density at radius 2 is 2.20 bits per heavy atom. The van der Waals surface area contributed by atoms with Crippen LogP contribution in [-0.2, 0) is 0 Å². The molecule has 2 saturated heterocycles. The van der Waals surface area contributed by atoms with Gasteiger partial charge in [0.1, 0.15) is 0 Å². The summed E-state index contributed by atoms with van der Waals surface area (Å²) in [7, 11) is 0. The number of benzene rings is 1. The van der Waals surface area contributed by atoms with Crippen molar-refractivity contribution >= 4 is 27.6 Å². The molecule has 1 aromatic rings. The second-order valence-corrected chi connectivity index (χ2v) is 6.61. The molecule has 0 amide bonds. The third-order valence-corrected chi connectivity index (χ3v) is 4.89. The van der Waals surface area contributed by atoms with E-state index in [1.165, 1.54) is 19.4 Å². The van der Waals surface area contributed by atoms with E-state index in [9.17, 15) is 9.90 Å². The summed E-state index contributed by atoms with van der Waals surface area (Å²) in [6, 6.07) is 6.47. The summed E-state index contributed by atoms with van der Waals surface area (Å²) in [5.74, 6) is -0.882. The van der Waals surface area contributed by atoms with Gasteiger partial charge in [-0.3, -0.25) is 0 Å². The maximum atomic E-state index is 11.3. The molecule has 2 aliphatic rings. The third-order valence-electron chi connectivity index (χ3n) is 4.39. The maximum Gasteiger partial charge on any atom is 0.337 e. The first-order chi connectivity index (χ1) is 9.63. The van der Waals surface area contributed by atoms with Crippen LogP contribution in [0.2, 0.25) is 0 Å². The lowest BCUT2D eigenvalue weighted by Crippen LogP contribution is -2.42. The fourth-order valence-electron chi connectivity index (χ4n) is 3.39. The van der Waals surface area contributed by atoms with Crippen LogP contribution in [-0.4, -0.2) is 41.1 Å². The Hall–Kier alpha value is -1.07. The highest BCUT2D eigenvalue weighted by molar-refractivity contribution is 9.10. The van der Waals surface area contributed by atoms with Crippen molar-refractivity contribution in [1.29, 1.82) is 0 Å². The first kappa shape index (κ1) is 13.9. The normalized spacial score (nSPS) is 26.2. The van der Waals surface area contributed by atoms with Gasteiger partial charge in [0, 0.05) is 28.8 Å². The molecule has 2 heterocycles. The fraction of sp³-hybridized carbons (Fsp3) is 0.533. The van der Waals surface area contributed by atoms with Crippen LogP contribution in [0, 0.1) is 0 Å². The Morgan fingerprint density at radius 1 is 1.35 bits per heavy atom. The second-order valence-electron chi connectivity index (χ2n) is 5.69. The number of carbonyl (C=O) groups is 1. The number of piperidine rings is 1. The minimum Gasteiger partial charge on any atom is -0.478 e. The zero-order valence-electron chi connectivity index (χ0n) is 11.3. The Bertz CT molecular complexity index is 521. The third kappa shape index (κ3) is 2.83. The van der Waals surface area contributed by atoms with Crippen LogP contribution < -0.4 is 5.32 Å². The summed E-state index contributed by atoms with van der Waals surface area (Å²) >= 11 is 3.33. The molecule has 2 unspecified atom stereocenters. The molecule has 0 saturated carbocycles. The van der Waals surface area contributed by atoms with Gasteiger partial charge >= 0.3 is 5.97 Å². The fourth-order valence-corrected chi connectivity index (χ4v) is 3.76. The summed E-state index contributed by atoms with van der Waals surface area (Å²) in [5, 5.41) is 12.7. The van der Waals surface area contributed by atoms with Gasteiger partial charge in [-0.15, -0.1) is 0 Å². The van der Waals surface area contributed by atoms with Crippen LogP contribution in [0.5, 0.6) is 0 Å². The SMILES string of the molecule is O=C(O)c1cc(Br)ccc1NC1CCN2CCCC2C1. The average Bonchev–Trinajstić information content (AvgIpc) is 2.88. The van der Waals surface area contributed by atoms with Crippen molar-refractivity contribution < 1.29 is 9.90 Å². The highest BCUT2D eigenvalue weighted by Crippen LogP contribution is 2.30. The van der Waals surface area contributed by atoms with Gasteiger partial charge in [0.15, 0.2) is 0 Å². The van der Waals surface area contributed by atoms with E-state index >= 15 is 0 Å². The van der Waals surface area contributed by atoms with E-state index in [2.05, 4.69) is 26.1 Å². The predicted molar refractivity (Wildman–Crippen MR) is 82.3 cm³/mol. The molecule has 3 rings (SSSR count). The van der Waals surface area contributed by atoms with Crippen molar-refractivity contribution in [3.8, 4) is 0 Å². The molecule has 0 radical (unpaired) electrons. The molecule has 20 heavy (non-hydrogen) atoms. The number of carboxylic acid groups (broad SMARTS) is 1. The van der Waals surface area contributed by atoms with Crippen molar-refractivity contribution in [3.63, 3.8) is 0 Å². The highest BCUT2D eigenvalue weighted by atomic mass is 79.9. The van der Waals surface area contributed by atoms with Crippen LogP contribution in [0.1, 0.15) is 36.0 Å². The quantitative estimate of drug-likeness (QED) is 0.888. The van der Waals surface area contributed by atoms with Crippen molar-refractivity contribution in [2.45, 2.75) is 37.8 Å². The molecular formula is C15H19BrN2O2. The first-order valence-corrected chi connectivity index (χ1v) is 7.96. The topological polar surface area (TPSA) is 52.6 Å². The predicted octanol–water partition coefficient (Wildman–Crippen LogP) is 3.19. The number of hydrogen-bond acceptors (Lipinski definition) is 3. The number of nitrogens with zero attached hydrogens (tertiary/aromatic N) is 1. The summed E-state index contributed by atoms with van der Waals surface area (Å²) < 4.78 is 0.797. The lowest BCUT2D eigenvalue weighted by atomic mass is 9.97. The summed E-state index contributed by atoms with van der Waals surface area (Å²) in [6.45, 7) is 2.36. The van der Waals surface area contributed by atoms with Gasteiger partial charge in [-0.05, 0) is 50.4 Å². The minimum atomic E-state index is -0.882. The van der Waals surface area contributed by atoms with Gasteiger partial charge in [-0.2, -0.15) is 0 Å². The molecule has 5 heteroatoms. The Kier molecular flexibility index (Phi) is 3.98. The standard InChI is InChI=1S/C15H19BrN2O2/c16-10-3-4-14(13(8-10)15(19)20)17-11-5-7-18-6-1-2-12(18)9-11/h3-4,8,11-12,17H,1-2,5-7,9H2,(H,19,20). The minimum absolute atomic E-state index is 0.341. The van der Waals surface area contributed by atoms with Crippen LogP contribution in [0.4, 0.5) is 5.69 Å². The van der Waals surface area contributed by atoms with E-state index in [0.29, 0.717) is 17.6 Å². The van der Waals surface area contributed by atoms with E-state index in [1.807, 2.05) is 12.1 Å². The number of hydrogen-bond donors (Lipinski definition) is 2. The monoisotopic (exact) mass is 338 g/mol. The van der Waals surface area contributed by atoms with Crippen molar-refractivity contribution in [2.75, 3.05) is 18.4 Å². The molecule has 2 aliphatic heterocycles. The molecule has 0 aromatic heterocycles. The molecule has 2 fully saturated rings. The van der Waals surface area contributed by atoms with E-state index < -0.39 is 5.97 Å². The summed E-state index contributed by atoms with van der Waals surface area (Å²) in [5.41, 5.74) is 1.07. The molecule has 0 bridgehead atoms.